The Labute approximate surface area is 176 Å². The number of thioether (sulfide) groups is 1. The minimum atomic E-state index is -0.0535. The molecule has 0 N–H and O–H groups in total. The minimum absolute atomic E-state index is 0.0535. The predicted molar refractivity (Wildman–Crippen MR) is 118 cm³/mol. The van der Waals surface area contributed by atoms with Gasteiger partial charge in [-0.3, -0.25) is 9.36 Å². The molecule has 0 atom stereocenters. The van der Waals surface area contributed by atoms with Gasteiger partial charge in [0, 0.05) is 15.8 Å². The maximum Gasteiger partial charge on any atom is 0.262 e. The highest BCUT2D eigenvalue weighted by Gasteiger charge is 2.14. The molecule has 0 aliphatic heterocycles. The molecule has 140 valence electrons. The highest BCUT2D eigenvalue weighted by Crippen LogP contribution is 2.31. The third-order valence-electron chi connectivity index (χ3n) is 4.42. The lowest BCUT2D eigenvalue weighted by Crippen LogP contribution is -2.24. The fraction of sp³-hybridized carbons (Fsp3) is 0.0909. The first-order chi connectivity index (χ1) is 13.6. The van der Waals surface area contributed by atoms with Gasteiger partial charge in [-0.25, -0.2) is 4.98 Å². The maximum absolute atomic E-state index is 13.2. The number of para-hydroxylation sites is 1. The van der Waals surface area contributed by atoms with Crippen molar-refractivity contribution < 1.29 is 0 Å². The van der Waals surface area contributed by atoms with E-state index in [1.165, 1.54) is 11.8 Å². The third-order valence-corrected chi connectivity index (χ3v) is 6.13. The Kier molecular flexibility index (Phi) is 5.72. The molecule has 0 aliphatic rings. The molecule has 1 aromatic heterocycles. The van der Waals surface area contributed by atoms with Gasteiger partial charge in [0.2, 0.25) is 0 Å². The van der Waals surface area contributed by atoms with E-state index < -0.39 is 0 Å². The first-order valence-corrected chi connectivity index (χ1v) is 10.5. The molecule has 6 heteroatoms. The van der Waals surface area contributed by atoms with Crippen molar-refractivity contribution in [2.75, 3.05) is 0 Å². The second-order valence-electron chi connectivity index (χ2n) is 6.28. The van der Waals surface area contributed by atoms with Crippen molar-refractivity contribution in [2.24, 2.45) is 0 Å². The fourth-order valence-corrected chi connectivity index (χ4v) is 4.71. The van der Waals surface area contributed by atoms with E-state index >= 15 is 0 Å². The standard InChI is InChI=1S/C22H16Cl2N2OS/c23-18-10-6-11-19(24)17(18)14-28-22-25-20-12-5-4-9-16(20)21(27)26(22)13-15-7-2-1-3-8-15/h1-12H,13-14H2. The number of rotatable bonds is 5. The summed E-state index contributed by atoms with van der Waals surface area (Å²) in [5, 5.41) is 2.47. The van der Waals surface area contributed by atoms with Crippen molar-refractivity contribution in [1.29, 1.82) is 0 Å². The van der Waals surface area contributed by atoms with E-state index in [2.05, 4.69) is 0 Å². The van der Waals surface area contributed by atoms with E-state index in [1.807, 2.05) is 72.8 Å². The summed E-state index contributed by atoms with van der Waals surface area (Å²) in [6.07, 6.45) is 0. The van der Waals surface area contributed by atoms with E-state index in [0.29, 0.717) is 38.4 Å². The van der Waals surface area contributed by atoms with E-state index in [9.17, 15) is 4.79 Å². The van der Waals surface area contributed by atoms with Crippen LogP contribution in [0.2, 0.25) is 10.0 Å². The number of hydrogen-bond acceptors (Lipinski definition) is 3. The second kappa shape index (κ2) is 8.39. The van der Waals surface area contributed by atoms with Crippen LogP contribution in [-0.4, -0.2) is 9.55 Å². The van der Waals surface area contributed by atoms with Crippen molar-refractivity contribution >= 4 is 45.9 Å². The summed E-state index contributed by atoms with van der Waals surface area (Å²) < 4.78 is 1.72. The topological polar surface area (TPSA) is 34.9 Å². The largest absolute Gasteiger partial charge is 0.283 e. The number of benzene rings is 3. The fourth-order valence-electron chi connectivity index (χ4n) is 2.97. The van der Waals surface area contributed by atoms with Gasteiger partial charge in [0.25, 0.3) is 5.56 Å². The normalized spacial score (nSPS) is 11.1. The Morgan fingerprint density at radius 1 is 0.857 bits per heavy atom. The van der Waals surface area contributed by atoms with Crippen LogP contribution in [0.15, 0.2) is 82.7 Å². The summed E-state index contributed by atoms with van der Waals surface area (Å²) in [6, 6.07) is 22.7. The average molecular weight is 427 g/mol. The quantitative estimate of drug-likeness (QED) is 0.288. The van der Waals surface area contributed by atoms with Gasteiger partial charge in [0.1, 0.15) is 0 Å². The molecule has 0 bridgehead atoms. The van der Waals surface area contributed by atoms with E-state index in [1.54, 1.807) is 4.57 Å². The van der Waals surface area contributed by atoms with Crippen molar-refractivity contribution in [3.8, 4) is 0 Å². The molecule has 4 rings (SSSR count). The van der Waals surface area contributed by atoms with Crippen LogP contribution in [0.1, 0.15) is 11.1 Å². The number of halogens is 2. The lowest BCUT2D eigenvalue weighted by Gasteiger charge is -2.14. The van der Waals surface area contributed by atoms with Crippen LogP contribution in [0.25, 0.3) is 10.9 Å². The molecule has 0 amide bonds. The van der Waals surface area contributed by atoms with Crippen LogP contribution < -0.4 is 5.56 Å². The van der Waals surface area contributed by atoms with Crippen molar-refractivity contribution in [2.45, 2.75) is 17.5 Å². The monoisotopic (exact) mass is 426 g/mol. The molecule has 3 nitrogen and oxygen atoms in total. The molecule has 0 fully saturated rings. The van der Waals surface area contributed by atoms with Gasteiger partial charge in [0.05, 0.1) is 17.4 Å². The lowest BCUT2D eigenvalue weighted by atomic mass is 10.2. The first kappa shape index (κ1) is 19.1. The molecule has 4 aromatic rings. The van der Waals surface area contributed by atoms with E-state index in [-0.39, 0.29) is 5.56 Å². The average Bonchev–Trinajstić information content (AvgIpc) is 2.71. The van der Waals surface area contributed by atoms with Crippen LogP contribution in [-0.2, 0) is 12.3 Å². The van der Waals surface area contributed by atoms with Crippen LogP contribution in [0.3, 0.4) is 0 Å². The Hall–Kier alpha value is -2.27. The molecule has 0 radical (unpaired) electrons. The zero-order valence-corrected chi connectivity index (χ0v) is 17.1. The molecular weight excluding hydrogens is 411 g/mol. The van der Waals surface area contributed by atoms with Crippen molar-refractivity contribution in [3.05, 3.63) is 104 Å². The molecule has 0 saturated heterocycles. The maximum atomic E-state index is 13.2. The molecule has 1 heterocycles. The molecular formula is C22H16Cl2N2OS. The van der Waals surface area contributed by atoms with Gasteiger partial charge in [-0.2, -0.15) is 0 Å². The van der Waals surface area contributed by atoms with Gasteiger partial charge in [-0.1, -0.05) is 83.5 Å². The van der Waals surface area contributed by atoms with Gasteiger partial charge < -0.3 is 0 Å². The molecule has 28 heavy (non-hydrogen) atoms. The highest BCUT2D eigenvalue weighted by molar-refractivity contribution is 7.98. The van der Waals surface area contributed by atoms with Crippen LogP contribution in [0.5, 0.6) is 0 Å². The van der Waals surface area contributed by atoms with Crippen LogP contribution in [0.4, 0.5) is 0 Å². The van der Waals surface area contributed by atoms with Crippen LogP contribution in [0, 0.1) is 0 Å². The van der Waals surface area contributed by atoms with Crippen molar-refractivity contribution in [1.82, 2.24) is 9.55 Å². The number of nitrogens with zero attached hydrogens (tertiary/aromatic N) is 2. The smallest absolute Gasteiger partial charge is 0.262 e. The zero-order chi connectivity index (χ0) is 19.5. The van der Waals surface area contributed by atoms with Gasteiger partial charge in [-0.05, 0) is 35.4 Å². The summed E-state index contributed by atoms with van der Waals surface area (Å²) in [4.78, 5) is 17.9. The number of fused-ring (bicyclic) bond motifs is 1. The lowest BCUT2D eigenvalue weighted by molar-refractivity contribution is 0.658. The zero-order valence-electron chi connectivity index (χ0n) is 14.8. The highest BCUT2D eigenvalue weighted by atomic mass is 35.5. The number of hydrogen-bond donors (Lipinski definition) is 0. The first-order valence-electron chi connectivity index (χ1n) is 8.72. The Morgan fingerprint density at radius 2 is 1.54 bits per heavy atom. The Bertz CT molecular complexity index is 1170. The summed E-state index contributed by atoms with van der Waals surface area (Å²) in [6.45, 7) is 0.454. The van der Waals surface area contributed by atoms with Crippen LogP contribution >= 0.6 is 35.0 Å². The van der Waals surface area contributed by atoms with E-state index in [0.717, 1.165) is 11.1 Å². The predicted octanol–water partition coefficient (Wildman–Crippen LogP) is 6.04. The summed E-state index contributed by atoms with van der Waals surface area (Å²) in [7, 11) is 0. The molecule has 0 spiro atoms. The van der Waals surface area contributed by atoms with Crippen molar-refractivity contribution in [3.63, 3.8) is 0 Å². The number of aromatic nitrogens is 2. The van der Waals surface area contributed by atoms with E-state index in [4.69, 9.17) is 28.2 Å². The molecule has 3 aromatic carbocycles. The molecule has 0 aliphatic carbocycles. The Morgan fingerprint density at radius 3 is 2.29 bits per heavy atom. The minimum Gasteiger partial charge on any atom is -0.283 e. The summed E-state index contributed by atoms with van der Waals surface area (Å²) in [5.74, 6) is 0.526. The summed E-state index contributed by atoms with van der Waals surface area (Å²) in [5.41, 5.74) is 2.51. The summed E-state index contributed by atoms with van der Waals surface area (Å²) >= 11 is 14.1. The van der Waals surface area contributed by atoms with Gasteiger partial charge in [0.15, 0.2) is 5.16 Å². The Balaban J connectivity index is 1.77. The van der Waals surface area contributed by atoms with Gasteiger partial charge >= 0.3 is 0 Å². The third kappa shape index (κ3) is 3.95. The second-order valence-corrected chi connectivity index (χ2v) is 8.03. The van der Waals surface area contributed by atoms with Gasteiger partial charge in [-0.15, -0.1) is 0 Å². The SMILES string of the molecule is O=c1c2ccccc2nc(SCc2c(Cl)cccc2Cl)n1Cc1ccccc1. The molecule has 0 saturated carbocycles. The molecule has 0 unspecified atom stereocenters.